The van der Waals surface area contributed by atoms with Crippen molar-refractivity contribution >= 4 is 17.4 Å². The number of carbonyl (C=O) groups is 1. The summed E-state index contributed by atoms with van der Waals surface area (Å²) in [6, 6.07) is 26.9. The second-order valence-electron chi connectivity index (χ2n) is 6.45. The van der Waals surface area contributed by atoms with Crippen molar-refractivity contribution in [1.82, 2.24) is 0 Å². The molecule has 0 unspecified atom stereocenters. The van der Waals surface area contributed by atoms with Gasteiger partial charge in [0.05, 0.1) is 0 Å². The Kier molecular flexibility index (Phi) is 4.30. The first kappa shape index (κ1) is 15.6. The molecule has 0 amide bonds. The van der Waals surface area contributed by atoms with Crippen LogP contribution in [0, 0.1) is 0 Å². The Morgan fingerprint density at radius 2 is 1.48 bits per heavy atom. The summed E-state index contributed by atoms with van der Waals surface area (Å²) >= 11 is 0. The maximum atomic E-state index is 12.7. The Hall–Kier alpha value is -2.93. The maximum absolute atomic E-state index is 12.7. The van der Waals surface area contributed by atoms with Crippen molar-refractivity contribution in [3.63, 3.8) is 0 Å². The summed E-state index contributed by atoms with van der Waals surface area (Å²) in [4.78, 5) is 12.7. The van der Waals surface area contributed by atoms with E-state index in [-0.39, 0.29) is 5.78 Å². The van der Waals surface area contributed by atoms with Crippen molar-refractivity contribution in [2.75, 3.05) is 0 Å². The lowest BCUT2D eigenvalue weighted by atomic mass is 9.83. The van der Waals surface area contributed by atoms with Crippen LogP contribution in [0.2, 0.25) is 0 Å². The van der Waals surface area contributed by atoms with Crippen LogP contribution in [-0.2, 0) is 6.42 Å². The molecule has 0 radical (unpaired) electrons. The van der Waals surface area contributed by atoms with Gasteiger partial charge in [-0.05, 0) is 46.7 Å². The molecule has 122 valence electrons. The summed E-state index contributed by atoms with van der Waals surface area (Å²) in [5.41, 5.74) is 6.54. The van der Waals surface area contributed by atoms with E-state index < -0.39 is 0 Å². The molecular weight excluding hydrogens is 304 g/mol. The highest BCUT2D eigenvalue weighted by Gasteiger charge is 2.22. The number of carbonyl (C=O) groups excluding carboxylic acids is 1. The van der Waals surface area contributed by atoms with E-state index in [9.17, 15) is 4.79 Å². The van der Waals surface area contributed by atoms with Crippen LogP contribution in [0.5, 0.6) is 0 Å². The third-order valence-electron chi connectivity index (χ3n) is 4.77. The lowest BCUT2D eigenvalue weighted by Crippen LogP contribution is -2.13. The van der Waals surface area contributed by atoms with E-state index in [1.807, 2.05) is 36.4 Å². The van der Waals surface area contributed by atoms with Gasteiger partial charge in [-0.15, -0.1) is 0 Å². The Labute approximate surface area is 148 Å². The number of fused-ring (bicyclic) bond motifs is 1. The minimum absolute atomic E-state index is 0.270. The minimum Gasteiger partial charge on any atom is -0.294 e. The molecule has 25 heavy (non-hydrogen) atoms. The summed E-state index contributed by atoms with van der Waals surface area (Å²) in [6.45, 7) is 0. The number of ketones is 1. The lowest BCUT2D eigenvalue weighted by molar-refractivity contribution is 0.0972. The third kappa shape index (κ3) is 3.18. The van der Waals surface area contributed by atoms with Gasteiger partial charge in [0.15, 0.2) is 5.78 Å². The number of aryl methyl sites for hydroxylation is 1. The van der Waals surface area contributed by atoms with Crippen molar-refractivity contribution in [3.8, 4) is 0 Å². The van der Waals surface area contributed by atoms with Crippen molar-refractivity contribution in [2.24, 2.45) is 0 Å². The summed E-state index contributed by atoms with van der Waals surface area (Å²) in [5, 5.41) is 0. The van der Waals surface area contributed by atoms with E-state index in [4.69, 9.17) is 0 Å². The molecule has 0 fully saturated rings. The van der Waals surface area contributed by atoms with Gasteiger partial charge in [0.1, 0.15) is 0 Å². The van der Waals surface area contributed by atoms with Crippen LogP contribution in [-0.4, -0.2) is 5.78 Å². The molecule has 0 N–H and O–H groups in total. The lowest BCUT2D eigenvalue weighted by Gasteiger charge is -2.20. The third-order valence-corrected chi connectivity index (χ3v) is 4.77. The van der Waals surface area contributed by atoms with Crippen LogP contribution >= 0.6 is 0 Å². The number of hydrogen-bond acceptors (Lipinski definition) is 1. The van der Waals surface area contributed by atoms with E-state index in [1.54, 1.807) is 0 Å². The number of benzene rings is 3. The van der Waals surface area contributed by atoms with Gasteiger partial charge < -0.3 is 0 Å². The number of rotatable bonds is 3. The van der Waals surface area contributed by atoms with E-state index in [2.05, 4.69) is 48.5 Å². The molecule has 0 atom stereocenters. The van der Waals surface area contributed by atoms with Gasteiger partial charge in [0.25, 0.3) is 0 Å². The Balaban J connectivity index is 1.94. The SMILES string of the molecule is O=C1CCCc2cccc(C(=Cc3ccccc3)c3ccccc3)c21. The fourth-order valence-electron chi connectivity index (χ4n) is 3.58. The molecule has 0 bridgehead atoms. The Bertz CT molecular complexity index is 921. The topological polar surface area (TPSA) is 17.1 Å². The second-order valence-corrected chi connectivity index (χ2v) is 6.45. The molecule has 1 aliphatic carbocycles. The summed E-state index contributed by atoms with van der Waals surface area (Å²) in [7, 11) is 0. The first-order valence-electron chi connectivity index (χ1n) is 8.80. The monoisotopic (exact) mass is 324 g/mol. The van der Waals surface area contributed by atoms with Crippen molar-refractivity contribution in [3.05, 3.63) is 107 Å². The predicted octanol–water partition coefficient (Wildman–Crippen LogP) is 5.79. The summed E-state index contributed by atoms with van der Waals surface area (Å²) in [6.07, 6.45) is 4.78. The highest BCUT2D eigenvalue weighted by atomic mass is 16.1. The smallest absolute Gasteiger partial charge is 0.163 e. The van der Waals surface area contributed by atoms with E-state index in [0.717, 1.165) is 40.7 Å². The molecule has 0 aromatic heterocycles. The molecule has 1 aliphatic rings. The zero-order chi connectivity index (χ0) is 17.1. The van der Waals surface area contributed by atoms with Crippen molar-refractivity contribution in [2.45, 2.75) is 19.3 Å². The number of Topliss-reactive ketones (excluding diaryl/α,β-unsaturated/α-hetero) is 1. The molecule has 0 saturated carbocycles. The quantitative estimate of drug-likeness (QED) is 0.557. The van der Waals surface area contributed by atoms with Gasteiger partial charge in [-0.1, -0.05) is 78.9 Å². The van der Waals surface area contributed by atoms with Crippen molar-refractivity contribution in [1.29, 1.82) is 0 Å². The fraction of sp³-hybridized carbons (Fsp3) is 0.125. The molecule has 1 heteroatoms. The van der Waals surface area contributed by atoms with Gasteiger partial charge in [-0.25, -0.2) is 0 Å². The van der Waals surface area contributed by atoms with Crippen LogP contribution in [0.3, 0.4) is 0 Å². The molecule has 0 spiro atoms. The highest BCUT2D eigenvalue weighted by Crippen LogP contribution is 2.33. The molecule has 1 nitrogen and oxygen atoms in total. The van der Waals surface area contributed by atoms with Crippen LogP contribution < -0.4 is 0 Å². The van der Waals surface area contributed by atoms with E-state index in [1.165, 1.54) is 5.56 Å². The standard InChI is InChI=1S/C24H20O/c25-23-16-8-14-20-13-7-15-21(24(20)23)22(19-11-5-2-6-12-19)17-18-9-3-1-4-10-18/h1-7,9-13,15,17H,8,14,16H2. The Morgan fingerprint density at radius 1 is 0.760 bits per heavy atom. The van der Waals surface area contributed by atoms with E-state index in [0.29, 0.717) is 6.42 Å². The van der Waals surface area contributed by atoms with Gasteiger partial charge in [0.2, 0.25) is 0 Å². The van der Waals surface area contributed by atoms with E-state index >= 15 is 0 Å². The van der Waals surface area contributed by atoms with Gasteiger partial charge in [-0.3, -0.25) is 4.79 Å². The average Bonchev–Trinajstić information content (AvgIpc) is 2.67. The predicted molar refractivity (Wildman–Crippen MR) is 104 cm³/mol. The van der Waals surface area contributed by atoms with Crippen LogP contribution in [0.15, 0.2) is 78.9 Å². The first-order chi connectivity index (χ1) is 12.3. The number of hydrogen-bond donors (Lipinski definition) is 0. The summed E-state index contributed by atoms with van der Waals surface area (Å²) < 4.78 is 0. The second kappa shape index (κ2) is 6.90. The average molecular weight is 324 g/mol. The van der Waals surface area contributed by atoms with Crippen molar-refractivity contribution < 1.29 is 4.79 Å². The van der Waals surface area contributed by atoms with Crippen LogP contribution in [0.4, 0.5) is 0 Å². The minimum atomic E-state index is 0.270. The molecule has 0 saturated heterocycles. The maximum Gasteiger partial charge on any atom is 0.163 e. The Morgan fingerprint density at radius 3 is 2.24 bits per heavy atom. The van der Waals surface area contributed by atoms with Gasteiger partial charge >= 0.3 is 0 Å². The summed E-state index contributed by atoms with van der Waals surface area (Å²) in [5.74, 6) is 0.270. The molecule has 4 rings (SSSR count). The zero-order valence-electron chi connectivity index (χ0n) is 14.1. The molecule has 0 aliphatic heterocycles. The molecule has 3 aromatic rings. The van der Waals surface area contributed by atoms with Crippen LogP contribution in [0.25, 0.3) is 11.6 Å². The normalized spacial score (nSPS) is 14.2. The highest BCUT2D eigenvalue weighted by molar-refractivity contribution is 6.06. The van der Waals surface area contributed by atoms with Crippen LogP contribution in [0.1, 0.15) is 45.5 Å². The van der Waals surface area contributed by atoms with Gasteiger partial charge in [-0.2, -0.15) is 0 Å². The molecular formula is C24H20O. The molecule has 3 aromatic carbocycles. The fourth-order valence-corrected chi connectivity index (χ4v) is 3.58. The first-order valence-corrected chi connectivity index (χ1v) is 8.80. The molecule has 0 heterocycles. The zero-order valence-corrected chi connectivity index (χ0v) is 14.1. The van der Waals surface area contributed by atoms with Gasteiger partial charge in [0, 0.05) is 12.0 Å². The largest absolute Gasteiger partial charge is 0.294 e.